The summed E-state index contributed by atoms with van der Waals surface area (Å²) in [6.45, 7) is -0.500. The second kappa shape index (κ2) is 8.99. The third kappa shape index (κ3) is 4.24. The number of ketones is 1. The van der Waals surface area contributed by atoms with Crippen molar-refractivity contribution in [2.45, 2.75) is 36.1 Å². The summed E-state index contributed by atoms with van der Waals surface area (Å²) in [5.41, 5.74) is 11.2. The van der Waals surface area contributed by atoms with Gasteiger partial charge in [-0.3, -0.25) is 9.59 Å². The smallest absolute Gasteiger partial charge is 0.337 e. The monoisotopic (exact) mass is 443 g/mol. The lowest BCUT2D eigenvalue weighted by molar-refractivity contribution is -0.163. The van der Waals surface area contributed by atoms with Gasteiger partial charge in [-0.25, -0.2) is 4.79 Å². The van der Waals surface area contributed by atoms with Gasteiger partial charge in [0.15, 0.2) is 5.78 Å². The number of carbonyl (C=O) groups is 3. The SMILES string of the molecule is NCC(=O)C1(C(=O)O)CCC(c2ccc(N)cc2)N1C(=O)C(S)Cc1ccc(O)cc1. The van der Waals surface area contributed by atoms with Crippen LogP contribution < -0.4 is 11.5 Å². The van der Waals surface area contributed by atoms with E-state index in [1.807, 2.05) is 0 Å². The summed E-state index contributed by atoms with van der Waals surface area (Å²) in [4.78, 5) is 39.8. The third-order valence-electron chi connectivity index (χ3n) is 5.71. The Hall–Kier alpha value is -3.04. The molecule has 1 heterocycles. The zero-order valence-electron chi connectivity index (χ0n) is 16.8. The van der Waals surface area contributed by atoms with Gasteiger partial charge in [0.1, 0.15) is 5.75 Å². The van der Waals surface area contributed by atoms with Crippen LogP contribution in [-0.2, 0) is 20.8 Å². The molecular weight excluding hydrogens is 418 g/mol. The number of nitrogens with zero attached hydrogens (tertiary/aromatic N) is 1. The molecule has 1 fully saturated rings. The predicted octanol–water partition coefficient (Wildman–Crippen LogP) is 1.53. The van der Waals surface area contributed by atoms with Crippen LogP contribution in [0.3, 0.4) is 0 Å². The minimum absolute atomic E-state index is 0.0428. The molecule has 6 N–H and O–H groups in total. The Morgan fingerprint density at radius 3 is 2.29 bits per heavy atom. The molecule has 8 nitrogen and oxygen atoms in total. The molecule has 2 aromatic carbocycles. The number of anilines is 1. The molecule has 0 radical (unpaired) electrons. The van der Waals surface area contributed by atoms with Gasteiger partial charge in [-0.2, -0.15) is 12.6 Å². The Bertz CT molecular complexity index is 980. The van der Waals surface area contributed by atoms with Crippen molar-refractivity contribution in [2.24, 2.45) is 5.73 Å². The van der Waals surface area contributed by atoms with Gasteiger partial charge in [0.05, 0.1) is 17.8 Å². The van der Waals surface area contributed by atoms with Gasteiger partial charge in [-0.1, -0.05) is 24.3 Å². The van der Waals surface area contributed by atoms with Crippen LogP contribution in [0.15, 0.2) is 48.5 Å². The minimum atomic E-state index is -2.05. The molecule has 0 aliphatic carbocycles. The first-order valence-electron chi connectivity index (χ1n) is 9.82. The highest BCUT2D eigenvalue weighted by molar-refractivity contribution is 7.81. The second-order valence-corrected chi connectivity index (χ2v) is 8.23. The van der Waals surface area contributed by atoms with Gasteiger partial charge in [0.2, 0.25) is 11.4 Å². The molecule has 3 rings (SSSR count). The maximum Gasteiger partial charge on any atom is 0.337 e. The van der Waals surface area contributed by atoms with Crippen LogP contribution in [0.1, 0.15) is 30.0 Å². The van der Waals surface area contributed by atoms with Crippen LogP contribution in [0.25, 0.3) is 0 Å². The van der Waals surface area contributed by atoms with Gasteiger partial charge in [0.25, 0.3) is 0 Å². The molecule has 0 saturated carbocycles. The fraction of sp³-hybridized carbons (Fsp3) is 0.318. The van der Waals surface area contributed by atoms with E-state index in [9.17, 15) is 24.6 Å². The van der Waals surface area contributed by atoms with E-state index in [4.69, 9.17) is 11.5 Å². The number of nitrogen functional groups attached to an aromatic ring is 1. The summed E-state index contributed by atoms with van der Waals surface area (Å²) in [6, 6.07) is 12.4. The summed E-state index contributed by atoms with van der Waals surface area (Å²) in [6.07, 6.45) is 0.436. The highest BCUT2D eigenvalue weighted by Gasteiger charge is 2.59. The Morgan fingerprint density at radius 1 is 1.13 bits per heavy atom. The van der Waals surface area contributed by atoms with Crippen molar-refractivity contribution in [3.63, 3.8) is 0 Å². The number of carboxylic acids is 1. The van der Waals surface area contributed by atoms with E-state index >= 15 is 0 Å². The average Bonchev–Trinajstić information content (AvgIpc) is 3.16. The number of rotatable bonds is 7. The number of carbonyl (C=O) groups excluding carboxylic acids is 2. The first-order chi connectivity index (χ1) is 14.7. The van der Waals surface area contributed by atoms with Crippen molar-refractivity contribution in [1.29, 1.82) is 0 Å². The number of Topliss-reactive ketones (excluding diaryl/α,β-unsaturated/α-hetero) is 1. The third-order valence-corrected chi connectivity index (χ3v) is 6.12. The van der Waals surface area contributed by atoms with Crippen molar-refractivity contribution < 1.29 is 24.6 Å². The molecule has 31 heavy (non-hydrogen) atoms. The molecule has 3 atom stereocenters. The molecule has 0 aromatic heterocycles. The van der Waals surface area contributed by atoms with Gasteiger partial charge in [0, 0.05) is 5.69 Å². The number of hydrogen-bond donors (Lipinski definition) is 5. The van der Waals surface area contributed by atoms with Gasteiger partial charge < -0.3 is 26.6 Å². The average molecular weight is 444 g/mol. The molecular formula is C22H25N3O5S. The lowest BCUT2D eigenvalue weighted by Gasteiger charge is -2.38. The van der Waals surface area contributed by atoms with Gasteiger partial charge in [-0.15, -0.1) is 0 Å². The normalized spacial score (nSPS) is 21.6. The number of phenols is 1. The van der Waals surface area contributed by atoms with Crippen molar-refractivity contribution in [3.8, 4) is 5.75 Å². The number of phenolic OH excluding ortho intramolecular Hbond substituents is 1. The van der Waals surface area contributed by atoms with Crippen LogP contribution in [0.2, 0.25) is 0 Å². The quantitative estimate of drug-likeness (QED) is 0.248. The van der Waals surface area contributed by atoms with Crippen molar-refractivity contribution in [2.75, 3.05) is 12.3 Å². The zero-order chi connectivity index (χ0) is 22.8. The number of hydrogen-bond acceptors (Lipinski definition) is 7. The second-order valence-electron chi connectivity index (χ2n) is 7.61. The van der Waals surface area contributed by atoms with E-state index in [0.717, 1.165) is 10.5 Å². The Kier molecular flexibility index (Phi) is 6.56. The highest BCUT2D eigenvalue weighted by atomic mass is 32.1. The number of aliphatic carboxylic acids is 1. The molecule has 1 saturated heterocycles. The van der Waals surface area contributed by atoms with Crippen LogP contribution in [0, 0.1) is 0 Å². The molecule has 0 bridgehead atoms. The molecule has 1 aliphatic heterocycles. The standard InChI is InChI=1S/C22H25N3O5S/c23-12-19(27)22(21(29)30)10-9-17(14-3-5-15(24)6-4-14)25(22)20(28)18(31)11-13-1-7-16(26)8-2-13/h1-8,17-18,26,31H,9-12,23-24H2,(H,29,30). The lowest BCUT2D eigenvalue weighted by Crippen LogP contribution is -2.62. The summed E-state index contributed by atoms with van der Waals surface area (Å²) >= 11 is 4.44. The Labute approximate surface area is 185 Å². The fourth-order valence-corrected chi connectivity index (χ4v) is 4.45. The largest absolute Gasteiger partial charge is 0.508 e. The van der Waals surface area contributed by atoms with Crippen LogP contribution in [0.5, 0.6) is 5.75 Å². The van der Waals surface area contributed by atoms with Crippen molar-refractivity contribution in [1.82, 2.24) is 4.90 Å². The number of thiol groups is 1. The number of likely N-dealkylation sites (tertiary alicyclic amines) is 1. The van der Waals surface area contributed by atoms with E-state index in [2.05, 4.69) is 12.6 Å². The maximum atomic E-state index is 13.5. The fourth-order valence-electron chi connectivity index (χ4n) is 4.11. The van der Waals surface area contributed by atoms with E-state index in [-0.39, 0.29) is 25.0 Å². The van der Waals surface area contributed by atoms with Crippen LogP contribution >= 0.6 is 12.6 Å². The molecule has 9 heteroatoms. The predicted molar refractivity (Wildman–Crippen MR) is 119 cm³/mol. The highest BCUT2D eigenvalue weighted by Crippen LogP contribution is 2.44. The molecule has 2 aromatic rings. The first-order valence-corrected chi connectivity index (χ1v) is 10.3. The zero-order valence-corrected chi connectivity index (χ0v) is 17.7. The number of carboxylic acid groups (broad SMARTS) is 1. The van der Waals surface area contributed by atoms with Gasteiger partial charge in [-0.05, 0) is 54.7 Å². The summed E-state index contributed by atoms with van der Waals surface area (Å²) in [5.74, 6) is -2.61. The van der Waals surface area contributed by atoms with Crippen molar-refractivity contribution in [3.05, 3.63) is 59.7 Å². The number of benzene rings is 2. The van der Waals surface area contributed by atoms with Crippen molar-refractivity contribution >= 4 is 36.0 Å². The van der Waals surface area contributed by atoms with Crippen LogP contribution in [-0.4, -0.2) is 50.1 Å². The molecule has 0 spiro atoms. The molecule has 3 unspecified atom stereocenters. The number of aromatic hydroxyl groups is 1. The minimum Gasteiger partial charge on any atom is -0.508 e. The number of amides is 1. The molecule has 1 aliphatic rings. The van der Waals surface area contributed by atoms with E-state index < -0.39 is 41.0 Å². The van der Waals surface area contributed by atoms with Crippen LogP contribution in [0.4, 0.5) is 5.69 Å². The Morgan fingerprint density at radius 2 is 1.74 bits per heavy atom. The topological polar surface area (TPSA) is 147 Å². The molecule has 1 amide bonds. The first kappa shape index (κ1) is 22.6. The van der Waals surface area contributed by atoms with E-state index in [1.54, 1.807) is 36.4 Å². The number of nitrogens with two attached hydrogens (primary N) is 2. The summed E-state index contributed by atoms with van der Waals surface area (Å²) < 4.78 is 0. The summed E-state index contributed by atoms with van der Waals surface area (Å²) in [5, 5.41) is 18.6. The Balaban J connectivity index is 2.01. The van der Waals surface area contributed by atoms with Gasteiger partial charge >= 0.3 is 5.97 Å². The van der Waals surface area contributed by atoms with E-state index in [1.165, 1.54) is 12.1 Å². The van der Waals surface area contributed by atoms with E-state index in [0.29, 0.717) is 11.3 Å². The lowest BCUT2D eigenvalue weighted by atomic mass is 9.90. The summed E-state index contributed by atoms with van der Waals surface area (Å²) in [7, 11) is 0. The molecule has 164 valence electrons. The maximum absolute atomic E-state index is 13.5.